The molecule has 0 N–H and O–H groups in total. The summed E-state index contributed by atoms with van der Waals surface area (Å²) in [6.07, 6.45) is 5.48. The summed E-state index contributed by atoms with van der Waals surface area (Å²) >= 11 is 6.13. The van der Waals surface area contributed by atoms with E-state index in [1.807, 2.05) is 54.2 Å². The second kappa shape index (κ2) is 11.2. The highest BCUT2D eigenvalue weighted by molar-refractivity contribution is 6.30. The lowest BCUT2D eigenvalue weighted by Crippen LogP contribution is -2.49. The number of aryl methyl sites for hydroxylation is 1. The van der Waals surface area contributed by atoms with Crippen LogP contribution in [0.5, 0.6) is 0 Å². The van der Waals surface area contributed by atoms with Crippen molar-refractivity contribution < 1.29 is 14.3 Å². The topological polar surface area (TPSA) is 70.4 Å². The minimum atomic E-state index is -0.237. The molecular weight excluding hydrogens is 478 g/mol. The molecule has 5 rings (SSSR count). The van der Waals surface area contributed by atoms with Crippen LogP contribution in [0.25, 0.3) is 0 Å². The van der Waals surface area contributed by atoms with Gasteiger partial charge in [0.1, 0.15) is 6.54 Å². The molecule has 2 amide bonds. The van der Waals surface area contributed by atoms with Crippen molar-refractivity contribution >= 4 is 29.1 Å². The number of hydrazone groups is 1. The molecule has 1 atom stereocenters. The van der Waals surface area contributed by atoms with Gasteiger partial charge in [-0.05, 0) is 42.7 Å². The number of rotatable bonds is 8. The first kappa shape index (κ1) is 25.0. The van der Waals surface area contributed by atoms with Crippen molar-refractivity contribution in [2.75, 3.05) is 45.9 Å². The summed E-state index contributed by atoms with van der Waals surface area (Å²) < 4.78 is 7.47. The van der Waals surface area contributed by atoms with Crippen LogP contribution < -0.4 is 0 Å². The van der Waals surface area contributed by atoms with Crippen LogP contribution >= 0.6 is 11.6 Å². The van der Waals surface area contributed by atoms with Gasteiger partial charge in [-0.15, -0.1) is 0 Å². The second-order valence-electron chi connectivity index (χ2n) is 9.90. The molecule has 9 heteroatoms. The third-order valence-electron chi connectivity index (χ3n) is 7.54. The van der Waals surface area contributed by atoms with Gasteiger partial charge in [0.25, 0.3) is 5.91 Å². The molecule has 1 aromatic heterocycles. The van der Waals surface area contributed by atoms with Gasteiger partial charge in [0.2, 0.25) is 5.91 Å². The van der Waals surface area contributed by atoms with E-state index in [9.17, 15) is 9.59 Å². The quantitative estimate of drug-likeness (QED) is 0.545. The van der Waals surface area contributed by atoms with Gasteiger partial charge in [-0.25, -0.2) is 5.01 Å². The lowest BCUT2D eigenvalue weighted by Gasteiger charge is -2.34. The molecule has 0 bridgehead atoms. The van der Waals surface area contributed by atoms with Crippen LogP contribution in [0, 0.1) is 5.92 Å². The van der Waals surface area contributed by atoms with E-state index in [4.69, 9.17) is 21.4 Å². The lowest BCUT2D eigenvalue weighted by molar-refractivity contribution is -0.145. The summed E-state index contributed by atoms with van der Waals surface area (Å²) in [5.41, 5.74) is 2.82. The molecule has 1 unspecified atom stereocenters. The van der Waals surface area contributed by atoms with E-state index in [0.717, 1.165) is 55.9 Å². The van der Waals surface area contributed by atoms with E-state index >= 15 is 0 Å². The van der Waals surface area contributed by atoms with Gasteiger partial charge in [-0.3, -0.25) is 14.5 Å². The number of morpholine rings is 1. The summed E-state index contributed by atoms with van der Waals surface area (Å²) in [6.45, 7) is 4.45. The average Bonchev–Trinajstić information content (AvgIpc) is 3.48. The molecule has 1 aromatic carbocycles. The van der Waals surface area contributed by atoms with E-state index in [1.165, 1.54) is 0 Å². The van der Waals surface area contributed by atoms with Crippen molar-refractivity contribution in [2.24, 2.45) is 18.1 Å². The molecule has 36 heavy (non-hydrogen) atoms. The Kier molecular flexibility index (Phi) is 7.74. The fraction of sp³-hybridized carbons (Fsp3) is 0.519. The molecule has 8 nitrogen and oxygen atoms in total. The van der Waals surface area contributed by atoms with Crippen molar-refractivity contribution in [3.63, 3.8) is 0 Å². The maximum Gasteiger partial charge on any atom is 0.262 e. The van der Waals surface area contributed by atoms with E-state index < -0.39 is 0 Å². The minimum Gasteiger partial charge on any atom is -0.379 e. The molecular formula is C27H34ClN5O3. The number of nitrogens with zero attached hydrogens (tertiary/aromatic N) is 5. The van der Waals surface area contributed by atoms with E-state index in [2.05, 4.69) is 4.90 Å². The number of benzene rings is 1. The Morgan fingerprint density at radius 2 is 1.89 bits per heavy atom. The van der Waals surface area contributed by atoms with Crippen molar-refractivity contribution in [1.82, 2.24) is 19.4 Å². The third-order valence-corrected chi connectivity index (χ3v) is 7.79. The number of ether oxygens (including phenoxy) is 1. The Morgan fingerprint density at radius 3 is 2.53 bits per heavy atom. The predicted molar refractivity (Wildman–Crippen MR) is 139 cm³/mol. The minimum absolute atomic E-state index is 0.0354. The third kappa shape index (κ3) is 5.51. The first-order valence-electron chi connectivity index (χ1n) is 12.8. The Morgan fingerprint density at radius 1 is 1.14 bits per heavy atom. The van der Waals surface area contributed by atoms with Crippen LogP contribution in [0.3, 0.4) is 0 Å². The first-order chi connectivity index (χ1) is 17.5. The van der Waals surface area contributed by atoms with Gasteiger partial charge >= 0.3 is 0 Å². The van der Waals surface area contributed by atoms with Crippen LogP contribution in [0.4, 0.5) is 0 Å². The zero-order chi connectivity index (χ0) is 25.1. The van der Waals surface area contributed by atoms with Crippen LogP contribution in [-0.4, -0.2) is 82.8 Å². The second-order valence-corrected chi connectivity index (χ2v) is 10.3. The fourth-order valence-electron chi connectivity index (χ4n) is 5.10. The maximum atomic E-state index is 13.7. The predicted octanol–water partition coefficient (Wildman–Crippen LogP) is 3.32. The molecule has 1 saturated heterocycles. The first-order valence-corrected chi connectivity index (χ1v) is 13.2. The highest BCUT2D eigenvalue weighted by Gasteiger charge is 2.36. The highest BCUT2D eigenvalue weighted by Crippen LogP contribution is 2.34. The maximum absolute atomic E-state index is 13.7. The van der Waals surface area contributed by atoms with Crippen LogP contribution in [0.15, 0.2) is 47.7 Å². The smallest absolute Gasteiger partial charge is 0.262 e. The zero-order valence-corrected chi connectivity index (χ0v) is 21.6. The summed E-state index contributed by atoms with van der Waals surface area (Å²) in [7, 11) is 1.98. The largest absolute Gasteiger partial charge is 0.379 e. The average molecular weight is 512 g/mol. The van der Waals surface area contributed by atoms with Gasteiger partial charge in [-0.2, -0.15) is 5.10 Å². The highest BCUT2D eigenvalue weighted by atomic mass is 35.5. The van der Waals surface area contributed by atoms with Crippen molar-refractivity contribution in [1.29, 1.82) is 0 Å². The number of halogens is 1. The van der Waals surface area contributed by atoms with Gasteiger partial charge in [0.05, 0.1) is 30.7 Å². The Bertz CT molecular complexity index is 1100. The number of amides is 2. The molecule has 2 aliphatic heterocycles. The fourth-order valence-corrected chi connectivity index (χ4v) is 5.23. The van der Waals surface area contributed by atoms with Crippen molar-refractivity contribution in [3.8, 4) is 0 Å². The Hall–Kier alpha value is -2.68. The van der Waals surface area contributed by atoms with E-state index in [-0.39, 0.29) is 30.3 Å². The van der Waals surface area contributed by atoms with Gasteiger partial charge < -0.3 is 14.2 Å². The Labute approximate surface area is 217 Å². The van der Waals surface area contributed by atoms with E-state index in [1.54, 1.807) is 9.91 Å². The van der Waals surface area contributed by atoms with Gasteiger partial charge in [-0.1, -0.05) is 30.2 Å². The van der Waals surface area contributed by atoms with Gasteiger partial charge in [0, 0.05) is 56.8 Å². The van der Waals surface area contributed by atoms with E-state index in [0.29, 0.717) is 31.2 Å². The molecule has 0 spiro atoms. The lowest BCUT2D eigenvalue weighted by atomic mass is 9.84. The molecule has 192 valence electrons. The molecule has 3 aliphatic rings. The SMILES string of the molecule is Cn1cccc1C1=NN(C(=O)CN(CCN2CCOCC2)C(=O)C2CCC2)C(c2ccc(Cl)cc2)C1. The van der Waals surface area contributed by atoms with Crippen LogP contribution in [0.1, 0.15) is 43.0 Å². The molecule has 2 fully saturated rings. The standard InChI is InChI=1S/C27H34ClN5O3/c1-30-11-3-6-24(30)23-18-25(20-7-9-22(28)10-8-20)33(29-23)26(34)19-32(27(35)21-4-2-5-21)13-12-31-14-16-36-17-15-31/h3,6-11,21,25H,2,4-5,12-19H2,1H3. The summed E-state index contributed by atoms with van der Waals surface area (Å²) in [6, 6.07) is 11.3. The number of carbonyl (C=O) groups excluding carboxylic acids is 2. The molecule has 0 radical (unpaired) electrons. The molecule has 2 aromatic rings. The van der Waals surface area contributed by atoms with Crippen molar-refractivity contribution in [2.45, 2.75) is 31.7 Å². The molecule has 1 aliphatic carbocycles. The number of hydrogen-bond donors (Lipinski definition) is 0. The monoisotopic (exact) mass is 511 g/mol. The number of carbonyl (C=O) groups is 2. The summed E-state index contributed by atoms with van der Waals surface area (Å²) in [5.74, 6) is -0.0268. The zero-order valence-electron chi connectivity index (χ0n) is 20.8. The summed E-state index contributed by atoms with van der Waals surface area (Å²) in [5, 5.41) is 7.03. The molecule has 1 saturated carbocycles. The summed E-state index contributed by atoms with van der Waals surface area (Å²) in [4.78, 5) is 31.1. The number of hydrogen-bond acceptors (Lipinski definition) is 5. The Balaban J connectivity index is 1.36. The van der Waals surface area contributed by atoms with Crippen LogP contribution in [-0.2, 0) is 21.4 Å². The van der Waals surface area contributed by atoms with Crippen molar-refractivity contribution in [3.05, 3.63) is 58.9 Å². The normalized spacial score (nSPS) is 20.8. The van der Waals surface area contributed by atoms with Crippen LogP contribution in [0.2, 0.25) is 5.02 Å². The number of aromatic nitrogens is 1. The van der Waals surface area contributed by atoms with Gasteiger partial charge in [0.15, 0.2) is 0 Å². The molecule has 3 heterocycles.